The number of carboxylic acid groups (broad SMARTS) is 1. The van der Waals surface area contributed by atoms with Crippen LogP contribution in [0.25, 0.3) is 0 Å². The Bertz CT molecular complexity index is 794. The minimum atomic E-state index is -0.723. The predicted molar refractivity (Wildman–Crippen MR) is 102 cm³/mol. The highest BCUT2D eigenvalue weighted by atomic mass is 35.5. The molecule has 132 valence electrons. The second-order valence-corrected chi connectivity index (χ2v) is 7.90. The maximum atomic E-state index is 11.5. The Labute approximate surface area is 161 Å². The van der Waals surface area contributed by atoms with Crippen LogP contribution in [0.1, 0.15) is 30.4 Å². The average Bonchev–Trinajstić information content (AvgIpc) is 2.97. The molecule has 3 nitrogen and oxygen atoms in total. The monoisotopic (exact) mass is 396 g/mol. The van der Waals surface area contributed by atoms with Crippen molar-refractivity contribution in [1.82, 2.24) is 0 Å². The smallest absolute Gasteiger partial charge is 0.307 e. The van der Waals surface area contributed by atoms with E-state index in [9.17, 15) is 9.90 Å². The zero-order chi connectivity index (χ0) is 18.0. The summed E-state index contributed by atoms with van der Waals surface area (Å²) in [5.41, 5.74) is 1.98. The van der Waals surface area contributed by atoms with Gasteiger partial charge in [0.15, 0.2) is 0 Å². The van der Waals surface area contributed by atoms with E-state index in [1.165, 1.54) is 0 Å². The van der Waals surface area contributed by atoms with Gasteiger partial charge in [-0.1, -0.05) is 42.3 Å². The molecule has 2 aromatic rings. The highest BCUT2D eigenvalue weighted by molar-refractivity contribution is 7.99. The third kappa shape index (κ3) is 4.08. The number of fused-ring (bicyclic) bond motifs is 1. The maximum absolute atomic E-state index is 11.5. The van der Waals surface area contributed by atoms with Gasteiger partial charge in [0.05, 0.1) is 5.92 Å². The molecule has 0 aliphatic carbocycles. The van der Waals surface area contributed by atoms with Gasteiger partial charge in [-0.15, -0.1) is 11.8 Å². The first kappa shape index (κ1) is 18.4. The molecule has 3 rings (SSSR count). The summed E-state index contributed by atoms with van der Waals surface area (Å²) in [6, 6.07) is 11.2. The highest BCUT2D eigenvalue weighted by Crippen LogP contribution is 2.45. The van der Waals surface area contributed by atoms with Crippen molar-refractivity contribution in [2.24, 2.45) is 5.92 Å². The fourth-order valence-corrected chi connectivity index (χ4v) is 4.89. The lowest BCUT2D eigenvalue weighted by Gasteiger charge is -2.18. The van der Waals surface area contributed by atoms with Crippen LogP contribution >= 0.6 is 35.0 Å². The Morgan fingerprint density at radius 1 is 1.32 bits per heavy atom. The summed E-state index contributed by atoms with van der Waals surface area (Å²) < 4.78 is 5.85. The van der Waals surface area contributed by atoms with Gasteiger partial charge in [-0.2, -0.15) is 0 Å². The van der Waals surface area contributed by atoms with Crippen LogP contribution in [0.3, 0.4) is 0 Å². The number of ether oxygens (including phenoxy) is 1. The minimum Gasteiger partial charge on any atom is -0.489 e. The quantitative estimate of drug-likeness (QED) is 0.662. The number of carbonyl (C=O) groups is 1. The molecule has 1 aliphatic rings. The van der Waals surface area contributed by atoms with Gasteiger partial charge in [0.25, 0.3) is 0 Å². The van der Waals surface area contributed by atoms with Gasteiger partial charge >= 0.3 is 5.97 Å². The third-order valence-electron chi connectivity index (χ3n) is 4.46. The van der Waals surface area contributed by atoms with E-state index in [4.69, 9.17) is 27.9 Å². The van der Waals surface area contributed by atoms with Gasteiger partial charge in [0.1, 0.15) is 12.4 Å². The molecule has 0 aromatic heterocycles. The largest absolute Gasteiger partial charge is 0.489 e. The van der Waals surface area contributed by atoms with E-state index in [0.29, 0.717) is 23.1 Å². The molecule has 2 unspecified atom stereocenters. The van der Waals surface area contributed by atoms with Crippen molar-refractivity contribution in [3.05, 3.63) is 57.6 Å². The Balaban J connectivity index is 1.73. The molecule has 1 N–H and O–H groups in total. The molecule has 1 heterocycles. The van der Waals surface area contributed by atoms with E-state index in [0.717, 1.165) is 27.5 Å². The molecule has 6 heteroatoms. The van der Waals surface area contributed by atoms with Crippen LogP contribution in [0, 0.1) is 5.92 Å². The number of carboxylic acids is 1. The van der Waals surface area contributed by atoms with E-state index < -0.39 is 5.97 Å². The number of halogens is 2. The Morgan fingerprint density at radius 3 is 2.80 bits per heavy atom. The standard InChI is InChI=1S/C19H18Cl2O3S/c1-2-14(19(22)23)16-10-25-18-8-13(5-6-15(16)18)24-9-11-3-4-12(20)7-17(11)21/h3-8,14,16H,2,9-10H2,1H3,(H,22,23). The molecule has 2 aromatic carbocycles. The molecule has 0 fully saturated rings. The van der Waals surface area contributed by atoms with Crippen LogP contribution in [-0.4, -0.2) is 16.8 Å². The number of rotatable bonds is 6. The summed E-state index contributed by atoms with van der Waals surface area (Å²) in [6.07, 6.45) is 0.632. The first-order chi connectivity index (χ1) is 12.0. The van der Waals surface area contributed by atoms with Crippen LogP contribution in [0.4, 0.5) is 0 Å². The lowest BCUT2D eigenvalue weighted by Crippen LogP contribution is -2.21. The van der Waals surface area contributed by atoms with Crippen molar-refractivity contribution in [1.29, 1.82) is 0 Å². The van der Waals surface area contributed by atoms with E-state index in [-0.39, 0.29) is 11.8 Å². The van der Waals surface area contributed by atoms with Gasteiger partial charge in [0, 0.05) is 32.2 Å². The van der Waals surface area contributed by atoms with Crippen LogP contribution in [-0.2, 0) is 11.4 Å². The summed E-state index contributed by atoms with van der Waals surface area (Å²) in [5.74, 6) is 0.544. The second kappa shape index (κ2) is 7.90. The van der Waals surface area contributed by atoms with Gasteiger partial charge < -0.3 is 9.84 Å². The minimum absolute atomic E-state index is 0.0576. The molecule has 0 amide bonds. The van der Waals surface area contributed by atoms with Crippen molar-refractivity contribution in [2.75, 3.05) is 5.75 Å². The van der Waals surface area contributed by atoms with Gasteiger partial charge in [-0.3, -0.25) is 4.79 Å². The number of hydrogen-bond donors (Lipinski definition) is 1. The summed E-state index contributed by atoms with van der Waals surface area (Å²) in [4.78, 5) is 12.6. The van der Waals surface area contributed by atoms with Crippen LogP contribution in [0.15, 0.2) is 41.3 Å². The summed E-state index contributed by atoms with van der Waals surface area (Å²) in [5, 5.41) is 10.6. The number of benzene rings is 2. The molecule has 0 radical (unpaired) electrons. The van der Waals surface area contributed by atoms with Crippen molar-refractivity contribution >= 4 is 40.9 Å². The molecular formula is C19H18Cl2O3S. The number of aliphatic carboxylic acids is 1. The van der Waals surface area contributed by atoms with Crippen LogP contribution < -0.4 is 4.74 Å². The van der Waals surface area contributed by atoms with E-state index in [2.05, 4.69) is 0 Å². The van der Waals surface area contributed by atoms with Gasteiger partial charge in [-0.25, -0.2) is 0 Å². The highest BCUT2D eigenvalue weighted by Gasteiger charge is 2.33. The van der Waals surface area contributed by atoms with Crippen molar-refractivity contribution in [3.63, 3.8) is 0 Å². The predicted octanol–water partition coefficient (Wildman–Crippen LogP) is 5.87. The van der Waals surface area contributed by atoms with Gasteiger partial charge in [-0.05, 0) is 36.2 Å². The summed E-state index contributed by atoms with van der Waals surface area (Å²) >= 11 is 13.8. The Hall–Kier alpha value is -1.36. The molecule has 2 atom stereocenters. The number of hydrogen-bond acceptors (Lipinski definition) is 3. The summed E-state index contributed by atoms with van der Waals surface area (Å²) in [6.45, 7) is 2.28. The molecule has 0 saturated carbocycles. The number of thioether (sulfide) groups is 1. The molecule has 0 bridgehead atoms. The van der Waals surface area contributed by atoms with Crippen molar-refractivity contribution in [3.8, 4) is 5.75 Å². The normalized spacial score (nSPS) is 17.2. The lowest BCUT2D eigenvalue weighted by molar-refractivity contribution is -0.142. The first-order valence-corrected chi connectivity index (χ1v) is 9.80. The van der Waals surface area contributed by atoms with E-state index >= 15 is 0 Å². The zero-order valence-corrected chi connectivity index (χ0v) is 16.0. The van der Waals surface area contributed by atoms with Crippen molar-refractivity contribution < 1.29 is 14.6 Å². The SMILES string of the molecule is CCC(C(=O)O)C1CSc2cc(OCc3ccc(Cl)cc3Cl)ccc21. The van der Waals surface area contributed by atoms with Crippen molar-refractivity contribution in [2.45, 2.75) is 30.8 Å². The fourth-order valence-electron chi connectivity index (χ4n) is 3.07. The third-order valence-corrected chi connectivity index (χ3v) is 6.23. The van der Waals surface area contributed by atoms with Gasteiger partial charge in [0.2, 0.25) is 0 Å². The first-order valence-electron chi connectivity index (χ1n) is 8.06. The fraction of sp³-hybridized carbons (Fsp3) is 0.316. The Kier molecular flexibility index (Phi) is 5.82. The molecular weight excluding hydrogens is 379 g/mol. The van der Waals surface area contributed by atoms with E-state index in [1.807, 2.05) is 31.2 Å². The Morgan fingerprint density at radius 2 is 2.12 bits per heavy atom. The molecule has 1 aliphatic heterocycles. The average molecular weight is 397 g/mol. The van der Waals surface area contributed by atoms with E-state index in [1.54, 1.807) is 23.9 Å². The molecule has 25 heavy (non-hydrogen) atoms. The summed E-state index contributed by atoms with van der Waals surface area (Å²) in [7, 11) is 0. The second-order valence-electron chi connectivity index (χ2n) is 5.99. The lowest BCUT2D eigenvalue weighted by atomic mass is 9.86. The maximum Gasteiger partial charge on any atom is 0.307 e. The molecule has 0 saturated heterocycles. The van der Waals surface area contributed by atoms with Crippen LogP contribution in [0.2, 0.25) is 10.0 Å². The molecule has 0 spiro atoms. The van der Waals surface area contributed by atoms with Crippen LogP contribution in [0.5, 0.6) is 5.75 Å². The topological polar surface area (TPSA) is 46.5 Å². The zero-order valence-electron chi connectivity index (χ0n) is 13.7.